The van der Waals surface area contributed by atoms with Gasteiger partial charge in [-0.25, -0.2) is 4.98 Å². The molecule has 1 aromatic heterocycles. The molecule has 0 saturated heterocycles. The third-order valence-corrected chi connectivity index (χ3v) is 1.74. The summed E-state index contributed by atoms with van der Waals surface area (Å²) < 4.78 is 0.679. The fraction of sp³-hybridized carbons (Fsp3) is 0.250. The summed E-state index contributed by atoms with van der Waals surface area (Å²) in [6, 6.07) is 3.47. The van der Waals surface area contributed by atoms with Crippen molar-refractivity contribution in [2.45, 2.75) is 13.3 Å². The van der Waals surface area contributed by atoms with Gasteiger partial charge in [0.1, 0.15) is 4.60 Å². The van der Waals surface area contributed by atoms with E-state index in [2.05, 4.69) is 20.9 Å². The predicted molar refractivity (Wildman–Crippen MR) is 48.0 cm³/mol. The highest BCUT2D eigenvalue weighted by Crippen LogP contribution is 2.11. The van der Waals surface area contributed by atoms with Crippen LogP contribution in [0.3, 0.4) is 0 Å². The standard InChI is InChI=1S/C8H8BrNO2/c1-5-2-6(4-8(11)12)3-7(9)10-5/h2-3H,4H2,1H3,(H,11,12). The molecule has 0 amide bonds. The van der Waals surface area contributed by atoms with Crippen LogP contribution in [0.25, 0.3) is 0 Å². The van der Waals surface area contributed by atoms with Gasteiger partial charge in [0.25, 0.3) is 0 Å². The molecule has 0 fully saturated rings. The third kappa shape index (κ3) is 2.62. The first-order valence-corrected chi connectivity index (χ1v) is 4.22. The number of aromatic nitrogens is 1. The summed E-state index contributed by atoms with van der Waals surface area (Å²) in [5, 5.41) is 8.51. The molecule has 0 spiro atoms. The summed E-state index contributed by atoms with van der Waals surface area (Å²) >= 11 is 3.20. The average molecular weight is 230 g/mol. The molecular formula is C8H8BrNO2. The van der Waals surface area contributed by atoms with E-state index in [9.17, 15) is 4.79 Å². The molecule has 0 saturated carbocycles. The Bertz CT molecular complexity index is 292. The van der Waals surface area contributed by atoms with Crippen molar-refractivity contribution in [2.24, 2.45) is 0 Å². The third-order valence-electron chi connectivity index (χ3n) is 1.34. The molecule has 1 heterocycles. The van der Waals surface area contributed by atoms with E-state index < -0.39 is 5.97 Å². The molecule has 0 aliphatic carbocycles. The van der Waals surface area contributed by atoms with Crippen LogP contribution in [-0.4, -0.2) is 16.1 Å². The minimum absolute atomic E-state index is 0.0436. The van der Waals surface area contributed by atoms with Gasteiger partial charge >= 0.3 is 5.97 Å². The molecular weight excluding hydrogens is 222 g/mol. The van der Waals surface area contributed by atoms with E-state index in [1.54, 1.807) is 12.1 Å². The Morgan fingerprint density at radius 3 is 2.83 bits per heavy atom. The van der Waals surface area contributed by atoms with Crippen molar-refractivity contribution >= 4 is 21.9 Å². The van der Waals surface area contributed by atoms with E-state index in [1.807, 2.05) is 6.92 Å². The molecule has 1 aromatic rings. The maximum absolute atomic E-state index is 10.4. The number of carbonyl (C=O) groups is 1. The van der Waals surface area contributed by atoms with Crippen LogP contribution in [0, 0.1) is 6.92 Å². The number of hydrogen-bond acceptors (Lipinski definition) is 2. The van der Waals surface area contributed by atoms with Gasteiger partial charge in [-0.2, -0.15) is 0 Å². The second kappa shape index (κ2) is 3.67. The van der Waals surface area contributed by atoms with Crippen LogP contribution in [0.4, 0.5) is 0 Å². The van der Waals surface area contributed by atoms with Crippen molar-refractivity contribution in [1.82, 2.24) is 4.98 Å². The monoisotopic (exact) mass is 229 g/mol. The molecule has 0 aromatic carbocycles. The van der Waals surface area contributed by atoms with E-state index in [0.717, 1.165) is 11.3 Å². The normalized spacial score (nSPS) is 9.83. The number of aliphatic carboxylic acids is 1. The molecule has 0 unspecified atom stereocenters. The summed E-state index contributed by atoms with van der Waals surface area (Å²) in [6.45, 7) is 1.83. The molecule has 0 radical (unpaired) electrons. The number of hydrogen-bond donors (Lipinski definition) is 1. The number of carboxylic acids is 1. The van der Waals surface area contributed by atoms with Gasteiger partial charge < -0.3 is 5.11 Å². The molecule has 4 heteroatoms. The Kier molecular flexibility index (Phi) is 2.81. The summed E-state index contributed by atoms with van der Waals surface area (Å²) in [6.07, 6.45) is 0.0436. The van der Waals surface area contributed by atoms with Crippen LogP contribution < -0.4 is 0 Å². The number of nitrogens with zero attached hydrogens (tertiary/aromatic N) is 1. The molecule has 1 N–H and O–H groups in total. The zero-order valence-corrected chi connectivity index (χ0v) is 8.13. The van der Waals surface area contributed by atoms with Gasteiger partial charge in [-0.15, -0.1) is 0 Å². The predicted octanol–water partition coefficient (Wildman–Crippen LogP) is 1.78. The van der Waals surface area contributed by atoms with Crippen LogP contribution in [0.1, 0.15) is 11.3 Å². The molecule has 64 valence electrons. The fourth-order valence-electron chi connectivity index (χ4n) is 0.973. The lowest BCUT2D eigenvalue weighted by atomic mass is 10.2. The van der Waals surface area contributed by atoms with Crippen LogP contribution in [-0.2, 0) is 11.2 Å². The summed E-state index contributed by atoms with van der Waals surface area (Å²) in [5.41, 5.74) is 1.59. The molecule has 0 aliphatic heterocycles. The van der Waals surface area contributed by atoms with Gasteiger partial charge in [0.05, 0.1) is 6.42 Å². The Morgan fingerprint density at radius 2 is 2.33 bits per heavy atom. The maximum atomic E-state index is 10.4. The van der Waals surface area contributed by atoms with Gasteiger partial charge in [-0.1, -0.05) is 0 Å². The number of carboxylic acid groups (broad SMARTS) is 1. The average Bonchev–Trinajstić information content (AvgIpc) is 1.81. The smallest absolute Gasteiger partial charge is 0.307 e. The largest absolute Gasteiger partial charge is 0.481 e. The minimum atomic E-state index is -0.826. The van der Waals surface area contributed by atoms with Gasteiger partial charge in [-0.3, -0.25) is 4.79 Å². The second-order valence-electron chi connectivity index (χ2n) is 2.51. The number of rotatable bonds is 2. The quantitative estimate of drug-likeness (QED) is 0.787. The van der Waals surface area contributed by atoms with E-state index >= 15 is 0 Å². The number of halogens is 1. The van der Waals surface area contributed by atoms with Crippen molar-refractivity contribution < 1.29 is 9.90 Å². The Labute approximate surface area is 78.6 Å². The number of pyridine rings is 1. The van der Waals surface area contributed by atoms with Crippen molar-refractivity contribution in [3.05, 3.63) is 28.0 Å². The second-order valence-corrected chi connectivity index (χ2v) is 3.32. The SMILES string of the molecule is Cc1cc(CC(=O)O)cc(Br)n1. The highest BCUT2D eigenvalue weighted by molar-refractivity contribution is 9.10. The lowest BCUT2D eigenvalue weighted by Crippen LogP contribution is -2.00. The maximum Gasteiger partial charge on any atom is 0.307 e. The summed E-state index contributed by atoms with van der Waals surface area (Å²) in [4.78, 5) is 14.4. The van der Waals surface area contributed by atoms with Crippen LogP contribution in [0.2, 0.25) is 0 Å². The highest BCUT2D eigenvalue weighted by atomic mass is 79.9. The van der Waals surface area contributed by atoms with Crippen LogP contribution in [0.5, 0.6) is 0 Å². The van der Waals surface area contributed by atoms with Crippen molar-refractivity contribution in [1.29, 1.82) is 0 Å². The first kappa shape index (κ1) is 9.19. The van der Waals surface area contributed by atoms with E-state index in [4.69, 9.17) is 5.11 Å². The molecule has 0 atom stereocenters. The highest BCUT2D eigenvalue weighted by Gasteiger charge is 2.02. The zero-order chi connectivity index (χ0) is 9.14. The summed E-state index contributed by atoms with van der Waals surface area (Å²) in [5.74, 6) is -0.826. The van der Waals surface area contributed by atoms with E-state index in [1.165, 1.54) is 0 Å². The molecule has 12 heavy (non-hydrogen) atoms. The van der Waals surface area contributed by atoms with Gasteiger partial charge in [0, 0.05) is 5.69 Å². The topological polar surface area (TPSA) is 50.2 Å². The van der Waals surface area contributed by atoms with Crippen molar-refractivity contribution in [3.63, 3.8) is 0 Å². The Morgan fingerprint density at radius 1 is 1.67 bits per heavy atom. The molecule has 1 rings (SSSR count). The molecule has 3 nitrogen and oxygen atoms in total. The number of aryl methyl sites for hydroxylation is 1. The minimum Gasteiger partial charge on any atom is -0.481 e. The lowest BCUT2D eigenvalue weighted by molar-refractivity contribution is -0.136. The first-order chi connectivity index (χ1) is 5.58. The Hall–Kier alpha value is -0.900. The Balaban J connectivity index is 2.93. The summed E-state index contributed by atoms with van der Waals surface area (Å²) in [7, 11) is 0. The first-order valence-electron chi connectivity index (χ1n) is 3.43. The lowest BCUT2D eigenvalue weighted by Gasteiger charge is -1.99. The van der Waals surface area contributed by atoms with Gasteiger partial charge in [0.2, 0.25) is 0 Å². The van der Waals surface area contributed by atoms with Gasteiger partial charge in [-0.05, 0) is 40.5 Å². The molecule has 0 bridgehead atoms. The van der Waals surface area contributed by atoms with Crippen LogP contribution in [0.15, 0.2) is 16.7 Å². The van der Waals surface area contributed by atoms with Crippen LogP contribution >= 0.6 is 15.9 Å². The van der Waals surface area contributed by atoms with Crippen molar-refractivity contribution in [3.8, 4) is 0 Å². The van der Waals surface area contributed by atoms with Crippen molar-refractivity contribution in [2.75, 3.05) is 0 Å². The molecule has 0 aliphatic rings. The zero-order valence-electron chi connectivity index (χ0n) is 6.54. The fourth-order valence-corrected chi connectivity index (χ4v) is 1.55. The van der Waals surface area contributed by atoms with E-state index in [0.29, 0.717) is 4.60 Å². The van der Waals surface area contributed by atoms with Gasteiger partial charge in [0.15, 0.2) is 0 Å². The van der Waals surface area contributed by atoms with E-state index in [-0.39, 0.29) is 6.42 Å².